The molecule has 0 saturated heterocycles. The molecule has 29 heavy (non-hydrogen) atoms. The Labute approximate surface area is 170 Å². The molecule has 0 bridgehead atoms. The third kappa shape index (κ3) is 6.08. The lowest BCUT2D eigenvalue weighted by molar-refractivity contribution is -0.122. The number of nitrogens with one attached hydrogen (secondary N) is 1. The normalized spacial score (nSPS) is 13.3. The Bertz CT molecular complexity index is 934. The number of ether oxygens (including phenoxy) is 2. The number of hydrogen-bond donors (Lipinski definition) is 1. The third-order valence-electron chi connectivity index (χ3n) is 4.13. The first-order chi connectivity index (χ1) is 13.6. The summed E-state index contributed by atoms with van der Waals surface area (Å²) in [6.45, 7) is 3.30. The van der Waals surface area contributed by atoms with Crippen LogP contribution in [0.1, 0.15) is 13.8 Å². The molecular weight excluding hydrogens is 399 g/mol. The molecule has 0 radical (unpaired) electrons. The highest BCUT2D eigenvalue weighted by Crippen LogP contribution is 2.24. The number of amides is 1. The summed E-state index contributed by atoms with van der Waals surface area (Å²) < 4.78 is 50.1. The van der Waals surface area contributed by atoms with Crippen molar-refractivity contribution in [1.29, 1.82) is 0 Å². The second-order valence-electron chi connectivity index (χ2n) is 6.58. The molecule has 0 fully saturated rings. The molecule has 7 nitrogen and oxygen atoms in total. The Hall–Kier alpha value is -2.81. The fourth-order valence-corrected chi connectivity index (χ4v) is 3.89. The maximum absolute atomic E-state index is 14.2. The van der Waals surface area contributed by atoms with Crippen LogP contribution < -0.4 is 19.1 Å². The minimum atomic E-state index is -3.89. The van der Waals surface area contributed by atoms with Crippen molar-refractivity contribution in [2.45, 2.75) is 25.9 Å². The van der Waals surface area contributed by atoms with Gasteiger partial charge in [0.15, 0.2) is 0 Å². The van der Waals surface area contributed by atoms with E-state index in [1.165, 1.54) is 25.1 Å². The van der Waals surface area contributed by atoms with Crippen LogP contribution in [0.3, 0.4) is 0 Å². The van der Waals surface area contributed by atoms with Crippen molar-refractivity contribution in [2.24, 2.45) is 0 Å². The molecule has 158 valence electrons. The summed E-state index contributed by atoms with van der Waals surface area (Å²) >= 11 is 0. The van der Waals surface area contributed by atoms with Gasteiger partial charge < -0.3 is 14.8 Å². The van der Waals surface area contributed by atoms with E-state index in [2.05, 4.69) is 5.32 Å². The highest BCUT2D eigenvalue weighted by Gasteiger charge is 2.31. The minimum Gasteiger partial charge on any atom is -0.497 e. The van der Waals surface area contributed by atoms with Gasteiger partial charge >= 0.3 is 0 Å². The average Bonchev–Trinajstić information content (AvgIpc) is 2.67. The van der Waals surface area contributed by atoms with E-state index in [4.69, 9.17) is 9.47 Å². The van der Waals surface area contributed by atoms with Crippen molar-refractivity contribution in [3.8, 4) is 11.5 Å². The fraction of sp³-hybridized carbons (Fsp3) is 0.350. The monoisotopic (exact) mass is 424 g/mol. The van der Waals surface area contributed by atoms with Crippen molar-refractivity contribution >= 4 is 21.6 Å². The zero-order valence-corrected chi connectivity index (χ0v) is 17.6. The summed E-state index contributed by atoms with van der Waals surface area (Å²) in [6, 6.07) is 10.8. The zero-order chi connectivity index (χ0) is 21.6. The van der Waals surface area contributed by atoms with Crippen LogP contribution in [0.15, 0.2) is 48.5 Å². The van der Waals surface area contributed by atoms with E-state index in [0.29, 0.717) is 11.5 Å². The van der Waals surface area contributed by atoms with Gasteiger partial charge in [0.25, 0.3) is 0 Å². The molecule has 0 aromatic heterocycles. The minimum absolute atomic E-state index is 0.170. The number of sulfonamides is 1. The molecule has 9 heteroatoms. The summed E-state index contributed by atoms with van der Waals surface area (Å²) in [4.78, 5) is 12.6. The smallest absolute Gasteiger partial charge is 0.243 e. The number of carbonyl (C=O) groups is 1. The number of nitrogens with zero attached hydrogens (tertiary/aromatic N) is 1. The molecule has 0 saturated carbocycles. The molecule has 2 aromatic rings. The van der Waals surface area contributed by atoms with E-state index >= 15 is 0 Å². The number of para-hydroxylation sites is 1. The van der Waals surface area contributed by atoms with Crippen molar-refractivity contribution < 1.29 is 27.1 Å². The maximum atomic E-state index is 14.2. The molecule has 0 aliphatic carbocycles. The number of benzene rings is 2. The van der Waals surface area contributed by atoms with Gasteiger partial charge in [0.2, 0.25) is 15.9 Å². The quantitative estimate of drug-likeness (QED) is 0.669. The summed E-state index contributed by atoms with van der Waals surface area (Å²) in [7, 11) is -2.33. The molecule has 1 N–H and O–H groups in total. The third-order valence-corrected chi connectivity index (χ3v) is 5.35. The van der Waals surface area contributed by atoms with Gasteiger partial charge in [-0.3, -0.25) is 9.10 Å². The van der Waals surface area contributed by atoms with Crippen LogP contribution in [0.25, 0.3) is 0 Å². The molecule has 0 aliphatic heterocycles. The molecule has 0 spiro atoms. The van der Waals surface area contributed by atoms with E-state index in [1.807, 2.05) is 0 Å². The highest BCUT2D eigenvalue weighted by atomic mass is 32.2. The number of halogens is 1. The Morgan fingerprint density at radius 3 is 2.24 bits per heavy atom. The Morgan fingerprint density at radius 2 is 1.69 bits per heavy atom. The number of rotatable bonds is 9. The van der Waals surface area contributed by atoms with Crippen molar-refractivity contribution in [3.05, 3.63) is 54.3 Å². The lowest BCUT2D eigenvalue weighted by Gasteiger charge is -2.29. The molecule has 0 heterocycles. The number of methoxy groups -OCH3 is 1. The summed E-state index contributed by atoms with van der Waals surface area (Å²) in [6.07, 6.45) is 0.930. The average molecular weight is 424 g/mol. The molecule has 0 aliphatic rings. The van der Waals surface area contributed by atoms with Gasteiger partial charge in [-0.05, 0) is 50.2 Å². The SMILES string of the molecule is COc1ccc(OC[C@H](C)NC(=O)[C@@H](C)N(c2ccccc2F)S(C)(=O)=O)cc1. The van der Waals surface area contributed by atoms with E-state index < -0.39 is 33.8 Å². The number of carbonyl (C=O) groups excluding carboxylic acids is 1. The predicted molar refractivity (Wildman–Crippen MR) is 109 cm³/mol. The standard InChI is InChI=1S/C20H25FN2O5S/c1-14(13-28-17-11-9-16(27-3)10-12-17)22-20(24)15(2)23(29(4,25)26)19-8-6-5-7-18(19)21/h5-12,14-15H,13H2,1-4H3,(H,22,24)/t14-,15+/m0/s1. The molecule has 2 aromatic carbocycles. The maximum Gasteiger partial charge on any atom is 0.243 e. The predicted octanol–water partition coefficient (Wildman–Crippen LogP) is 2.57. The van der Waals surface area contributed by atoms with Gasteiger partial charge in [0.1, 0.15) is 30.0 Å². The van der Waals surface area contributed by atoms with Crippen LogP contribution in [-0.2, 0) is 14.8 Å². The first-order valence-electron chi connectivity index (χ1n) is 8.94. The zero-order valence-electron chi connectivity index (χ0n) is 16.8. The van der Waals surface area contributed by atoms with Gasteiger partial charge in [-0.1, -0.05) is 12.1 Å². The molecule has 1 amide bonds. The lowest BCUT2D eigenvalue weighted by atomic mass is 10.2. The summed E-state index contributed by atoms with van der Waals surface area (Å²) in [5.41, 5.74) is -0.181. The Kier molecular flexibility index (Phi) is 7.44. The fourth-order valence-electron chi connectivity index (χ4n) is 2.71. The van der Waals surface area contributed by atoms with E-state index in [9.17, 15) is 17.6 Å². The summed E-state index contributed by atoms with van der Waals surface area (Å²) in [5.74, 6) is 0.00331. The van der Waals surface area contributed by atoms with Gasteiger partial charge in [-0.2, -0.15) is 0 Å². The van der Waals surface area contributed by atoms with Crippen LogP contribution in [-0.4, -0.2) is 46.4 Å². The molecule has 0 unspecified atom stereocenters. The second-order valence-corrected chi connectivity index (χ2v) is 8.44. The Balaban J connectivity index is 2.04. The topological polar surface area (TPSA) is 84.9 Å². The second kappa shape index (κ2) is 9.60. The largest absolute Gasteiger partial charge is 0.497 e. The Morgan fingerprint density at radius 1 is 1.10 bits per heavy atom. The van der Waals surface area contributed by atoms with Crippen LogP contribution in [0.5, 0.6) is 11.5 Å². The lowest BCUT2D eigenvalue weighted by Crippen LogP contribution is -2.51. The first kappa shape index (κ1) is 22.5. The van der Waals surface area contributed by atoms with E-state index in [0.717, 1.165) is 16.6 Å². The molecular formula is C20H25FN2O5S. The van der Waals surface area contributed by atoms with Gasteiger partial charge in [-0.15, -0.1) is 0 Å². The summed E-state index contributed by atoms with van der Waals surface area (Å²) in [5, 5.41) is 2.70. The van der Waals surface area contributed by atoms with Crippen molar-refractivity contribution in [3.63, 3.8) is 0 Å². The van der Waals surface area contributed by atoms with Crippen LogP contribution in [0.2, 0.25) is 0 Å². The number of hydrogen-bond acceptors (Lipinski definition) is 5. The van der Waals surface area contributed by atoms with Crippen molar-refractivity contribution in [1.82, 2.24) is 5.32 Å². The highest BCUT2D eigenvalue weighted by molar-refractivity contribution is 7.92. The first-order valence-corrected chi connectivity index (χ1v) is 10.8. The van der Waals surface area contributed by atoms with E-state index in [-0.39, 0.29) is 12.3 Å². The number of anilines is 1. The van der Waals surface area contributed by atoms with E-state index in [1.54, 1.807) is 38.3 Å². The van der Waals surface area contributed by atoms with Crippen LogP contribution in [0, 0.1) is 5.82 Å². The molecule has 2 rings (SSSR count). The van der Waals surface area contributed by atoms with Gasteiger partial charge in [-0.25, -0.2) is 12.8 Å². The van der Waals surface area contributed by atoms with Crippen LogP contribution in [0.4, 0.5) is 10.1 Å². The van der Waals surface area contributed by atoms with Crippen LogP contribution >= 0.6 is 0 Å². The van der Waals surface area contributed by atoms with Crippen molar-refractivity contribution in [2.75, 3.05) is 24.3 Å². The van der Waals surface area contributed by atoms with Gasteiger partial charge in [0.05, 0.1) is 25.1 Å². The molecule has 2 atom stereocenters. The van der Waals surface area contributed by atoms with Gasteiger partial charge in [0, 0.05) is 0 Å².